The molecule has 2 rings (SSSR count). The molecule has 0 spiro atoms. The van der Waals surface area contributed by atoms with Crippen molar-refractivity contribution in [2.45, 2.75) is 13.0 Å². The summed E-state index contributed by atoms with van der Waals surface area (Å²) in [6.45, 7) is 2.91. The van der Waals surface area contributed by atoms with E-state index in [0.29, 0.717) is 24.5 Å². The third-order valence-electron chi connectivity index (χ3n) is 3.07. The fourth-order valence-corrected chi connectivity index (χ4v) is 2.05. The number of rotatable bonds is 5. The summed E-state index contributed by atoms with van der Waals surface area (Å²) >= 11 is 0. The van der Waals surface area contributed by atoms with Gasteiger partial charge < -0.3 is 15.4 Å². The van der Waals surface area contributed by atoms with Gasteiger partial charge in [-0.2, -0.15) is 0 Å². The van der Waals surface area contributed by atoms with Gasteiger partial charge >= 0.3 is 0 Å². The summed E-state index contributed by atoms with van der Waals surface area (Å²) in [5.74, 6) is 0.243. The zero-order valence-electron chi connectivity index (χ0n) is 12.1. The molecule has 0 aromatic heterocycles. The van der Waals surface area contributed by atoms with Crippen LogP contribution in [0.1, 0.15) is 6.92 Å². The van der Waals surface area contributed by atoms with Crippen LogP contribution < -0.4 is 20.3 Å². The lowest BCUT2D eigenvalue weighted by Gasteiger charge is -2.32. The third-order valence-corrected chi connectivity index (χ3v) is 3.07. The fraction of sp³-hybridized carbons (Fsp3) is 0.429. The highest BCUT2D eigenvalue weighted by Crippen LogP contribution is 2.33. The number of ether oxygens (including phenoxy) is 1. The first-order valence-corrected chi connectivity index (χ1v) is 6.62. The van der Waals surface area contributed by atoms with Crippen LogP contribution in [0.15, 0.2) is 24.3 Å². The number of hydrogen-bond acceptors (Lipinski definition) is 4. The van der Waals surface area contributed by atoms with Crippen molar-refractivity contribution < 1.29 is 14.3 Å². The Bertz CT molecular complexity index is 510. The van der Waals surface area contributed by atoms with Gasteiger partial charge in [-0.15, -0.1) is 12.4 Å². The fourth-order valence-electron chi connectivity index (χ4n) is 2.05. The molecule has 0 fully saturated rings. The third kappa shape index (κ3) is 4.09. The number of likely N-dealkylation sites (N-methyl/N-ethyl adjacent to an activating group) is 1. The SMILES string of the molecule is CNCCNC(=O)CN1C(=O)C(C)Oc2ccccc21.Cl. The molecule has 116 valence electrons. The predicted octanol–water partition coefficient (Wildman–Crippen LogP) is 0.558. The minimum Gasteiger partial charge on any atom is -0.479 e. The van der Waals surface area contributed by atoms with Crippen LogP contribution in [0.25, 0.3) is 0 Å². The second-order valence-corrected chi connectivity index (χ2v) is 4.61. The summed E-state index contributed by atoms with van der Waals surface area (Å²) < 4.78 is 5.52. The molecule has 1 aromatic rings. The van der Waals surface area contributed by atoms with E-state index in [2.05, 4.69) is 10.6 Å². The minimum absolute atomic E-state index is 0. The summed E-state index contributed by atoms with van der Waals surface area (Å²) in [6, 6.07) is 7.23. The Morgan fingerprint density at radius 3 is 2.76 bits per heavy atom. The summed E-state index contributed by atoms with van der Waals surface area (Å²) in [6.07, 6.45) is -0.574. The van der Waals surface area contributed by atoms with Gasteiger partial charge in [0.2, 0.25) is 5.91 Å². The van der Waals surface area contributed by atoms with Gasteiger partial charge in [-0.05, 0) is 26.1 Å². The van der Waals surface area contributed by atoms with Gasteiger partial charge in [0.15, 0.2) is 6.10 Å². The van der Waals surface area contributed by atoms with E-state index in [4.69, 9.17) is 4.74 Å². The van der Waals surface area contributed by atoms with E-state index in [1.165, 1.54) is 4.90 Å². The van der Waals surface area contributed by atoms with Gasteiger partial charge in [0.05, 0.1) is 5.69 Å². The molecule has 0 saturated carbocycles. The monoisotopic (exact) mass is 313 g/mol. The molecular formula is C14H20ClN3O3. The van der Waals surface area contributed by atoms with Gasteiger partial charge in [0.1, 0.15) is 12.3 Å². The van der Waals surface area contributed by atoms with Crippen LogP contribution in [0.5, 0.6) is 5.75 Å². The minimum atomic E-state index is -0.574. The van der Waals surface area contributed by atoms with E-state index in [9.17, 15) is 9.59 Å². The molecule has 6 nitrogen and oxygen atoms in total. The molecule has 0 radical (unpaired) electrons. The predicted molar refractivity (Wildman–Crippen MR) is 83.1 cm³/mol. The van der Waals surface area contributed by atoms with Crippen LogP contribution in [0.3, 0.4) is 0 Å². The van der Waals surface area contributed by atoms with E-state index in [1.807, 2.05) is 19.2 Å². The van der Waals surface area contributed by atoms with Crippen molar-refractivity contribution in [3.05, 3.63) is 24.3 Å². The smallest absolute Gasteiger partial charge is 0.268 e. The van der Waals surface area contributed by atoms with Crippen molar-refractivity contribution in [1.82, 2.24) is 10.6 Å². The topological polar surface area (TPSA) is 70.7 Å². The second-order valence-electron chi connectivity index (χ2n) is 4.61. The summed E-state index contributed by atoms with van der Waals surface area (Å²) in [5, 5.41) is 5.70. The highest BCUT2D eigenvalue weighted by atomic mass is 35.5. The summed E-state index contributed by atoms with van der Waals surface area (Å²) in [5.41, 5.74) is 0.638. The molecule has 2 N–H and O–H groups in total. The van der Waals surface area contributed by atoms with E-state index in [-0.39, 0.29) is 30.8 Å². The van der Waals surface area contributed by atoms with Crippen LogP contribution in [0.4, 0.5) is 5.69 Å². The molecule has 7 heteroatoms. The first kappa shape index (κ1) is 17.3. The lowest BCUT2D eigenvalue weighted by molar-refractivity contribution is -0.128. The zero-order valence-corrected chi connectivity index (χ0v) is 12.9. The first-order chi connectivity index (χ1) is 9.63. The first-order valence-electron chi connectivity index (χ1n) is 6.62. The highest BCUT2D eigenvalue weighted by molar-refractivity contribution is 6.03. The molecule has 1 aliphatic rings. The number of carbonyl (C=O) groups excluding carboxylic acids is 2. The van der Waals surface area contributed by atoms with Gasteiger partial charge in [0.25, 0.3) is 5.91 Å². The molecule has 0 saturated heterocycles. The van der Waals surface area contributed by atoms with Crippen molar-refractivity contribution >= 4 is 29.9 Å². The molecule has 1 atom stereocenters. The maximum absolute atomic E-state index is 12.2. The molecular weight excluding hydrogens is 294 g/mol. The molecule has 1 aliphatic heterocycles. The Morgan fingerprint density at radius 1 is 1.33 bits per heavy atom. The molecule has 0 bridgehead atoms. The summed E-state index contributed by atoms with van der Waals surface area (Å²) in [7, 11) is 1.82. The molecule has 0 aliphatic carbocycles. The average Bonchev–Trinajstić information content (AvgIpc) is 2.44. The number of para-hydroxylation sites is 2. The number of halogens is 1. The van der Waals surface area contributed by atoms with Crippen LogP contribution in [0.2, 0.25) is 0 Å². The van der Waals surface area contributed by atoms with Crippen molar-refractivity contribution in [1.29, 1.82) is 0 Å². The Hall–Kier alpha value is -1.79. The number of amides is 2. The average molecular weight is 314 g/mol. The molecule has 1 aromatic carbocycles. The van der Waals surface area contributed by atoms with E-state index in [1.54, 1.807) is 19.1 Å². The number of nitrogens with zero attached hydrogens (tertiary/aromatic N) is 1. The van der Waals surface area contributed by atoms with E-state index >= 15 is 0 Å². The summed E-state index contributed by atoms with van der Waals surface area (Å²) in [4.78, 5) is 25.5. The second kappa shape index (κ2) is 7.85. The van der Waals surface area contributed by atoms with Crippen molar-refractivity contribution in [2.75, 3.05) is 31.6 Å². The van der Waals surface area contributed by atoms with Crippen LogP contribution >= 0.6 is 12.4 Å². The standard InChI is InChI=1S/C14H19N3O3.ClH/c1-10-14(19)17(9-13(18)16-8-7-15-2)11-5-3-4-6-12(11)20-10;/h3-6,10,15H,7-9H2,1-2H3,(H,16,18);1H. The van der Waals surface area contributed by atoms with Gasteiger partial charge in [-0.3, -0.25) is 14.5 Å². The van der Waals surface area contributed by atoms with Crippen LogP contribution in [-0.2, 0) is 9.59 Å². The van der Waals surface area contributed by atoms with E-state index in [0.717, 1.165) is 0 Å². The largest absolute Gasteiger partial charge is 0.479 e. The van der Waals surface area contributed by atoms with Crippen molar-refractivity contribution in [2.24, 2.45) is 0 Å². The Labute approximate surface area is 130 Å². The number of hydrogen-bond donors (Lipinski definition) is 2. The number of benzene rings is 1. The lowest BCUT2D eigenvalue weighted by atomic mass is 10.2. The molecule has 1 heterocycles. The normalized spacial score (nSPS) is 16.6. The highest BCUT2D eigenvalue weighted by Gasteiger charge is 2.32. The number of anilines is 1. The molecule has 2 amide bonds. The Balaban J connectivity index is 0.00000220. The van der Waals surface area contributed by atoms with Crippen LogP contribution in [0, 0.1) is 0 Å². The quantitative estimate of drug-likeness (QED) is 0.779. The Kier molecular flexibility index (Phi) is 6.45. The van der Waals surface area contributed by atoms with Crippen molar-refractivity contribution in [3.8, 4) is 5.75 Å². The number of nitrogens with one attached hydrogen (secondary N) is 2. The molecule has 1 unspecified atom stereocenters. The number of carbonyl (C=O) groups is 2. The maximum atomic E-state index is 12.2. The van der Waals surface area contributed by atoms with Gasteiger partial charge in [0, 0.05) is 13.1 Å². The Morgan fingerprint density at radius 2 is 2.05 bits per heavy atom. The van der Waals surface area contributed by atoms with Gasteiger partial charge in [-0.1, -0.05) is 12.1 Å². The molecule has 21 heavy (non-hydrogen) atoms. The van der Waals surface area contributed by atoms with Gasteiger partial charge in [-0.25, -0.2) is 0 Å². The maximum Gasteiger partial charge on any atom is 0.268 e. The zero-order chi connectivity index (χ0) is 14.5. The van der Waals surface area contributed by atoms with Crippen LogP contribution in [-0.4, -0.2) is 44.6 Å². The lowest BCUT2D eigenvalue weighted by Crippen LogP contribution is -2.49. The van der Waals surface area contributed by atoms with Crippen molar-refractivity contribution in [3.63, 3.8) is 0 Å². The number of fused-ring (bicyclic) bond motifs is 1. The van der Waals surface area contributed by atoms with E-state index < -0.39 is 6.10 Å².